The second kappa shape index (κ2) is 10.6. The summed E-state index contributed by atoms with van der Waals surface area (Å²) in [4.78, 5) is 5.40. The fourth-order valence-corrected chi connectivity index (χ4v) is 12.1. The molecule has 56 heavy (non-hydrogen) atoms. The highest BCUT2D eigenvalue weighted by Gasteiger charge is 2.51. The highest BCUT2D eigenvalue weighted by atomic mass is 32.1. The Kier molecular flexibility index (Phi) is 6.20. The van der Waals surface area contributed by atoms with E-state index in [1.165, 1.54) is 110 Å². The molecule has 0 unspecified atom stereocenters. The van der Waals surface area contributed by atoms with Crippen LogP contribution in [0.2, 0.25) is 0 Å². The van der Waals surface area contributed by atoms with Gasteiger partial charge in [0.1, 0.15) is 0 Å². The Morgan fingerprint density at radius 3 is 2.04 bits per heavy atom. The van der Waals surface area contributed by atoms with Crippen molar-refractivity contribution in [3.8, 4) is 22.3 Å². The van der Waals surface area contributed by atoms with E-state index in [0.717, 1.165) is 0 Å². The van der Waals surface area contributed by atoms with Crippen LogP contribution >= 0.6 is 11.3 Å². The van der Waals surface area contributed by atoms with Crippen LogP contribution in [0.25, 0.3) is 42.4 Å². The average molecular weight is 739 g/mol. The third-order valence-corrected chi connectivity index (χ3v) is 14.9. The molecular weight excluding hydrogens is 695 g/mol. The molecule has 0 amide bonds. The van der Waals surface area contributed by atoms with Crippen molar-refractivity contribution in [3.63, 3.8) is 0 Å². The van der Waals surface area contributed by atoms with Crippen LogP contribution in [0.3, 0.4) is 0 Å². The largest absolute Gasteiger partial charge is 0.376 e. The zero-order chi connectivity index (χ0) is 38.0. The molecule has 2 nitrogen and oxygen atoms in total. The molecule has 0 saturated heterocycles. The minimum Gasteiger partial charge on any atom is -0.376 e. The summed E-state index contributed by atoms with van der Waals surface area (Å²) >= 11 is 1.94. The molecule has 270 valence electrons. The summed E-state index contributed by atoms with van der Waals surface area (Å²) in [5, 5.41) is 2.70. The van der Waals surface area contributed by atoms with E-state index in [1.807, 2.05) is 11.3 Å². The zero-order valence-corrected chi connectivity index (χ0v) is 33.9. The van der Waals surface area contributed by atoms with Gasteiger partial charge >= 0.3 is 6.85 Å². The molecule has 0 radical (unpaired) electrons. The van der Waals surface area contributed by atoms with Crippen molar-refractivity contribution >= 4 is 77.7 Å². The molecule has 1 aromatic heterocycles. The molecule has 8 aromatic rings. The lowest BCUT2D eigenvalue weighted by Gasteiger charge is -2.50. The third kappa shape index (κ3) is 3.98. The quantitative estimate of drug-likeness (QED) is 0.155. The number of fused-ring (bicyclic) bond motifs is 13. The van der Waals surface area contributed by atoms with Gasteiger partial charge in [-0.05, 0) is 103 Å². The van der Waals surface area contributed by atoms with Crippen LogP contribution < -0.4 is 20.6 Å². The van der Waals surface area contributed by atoms with Gasteiger partial charge in [0.05, 0.1) is 11.4 Å². The van der Waals surface area contributed by atoms with E-state index in [-0.39, 0.29) is 23.1 Å². The van der Waals surface area contributed by atoms with Gasteiger partial charge in [-0.15, -0.1) is 11.3 Å². The summed E-state index contributed by atoms with van der Waals surface area (Å²) < 4.78 is 2.68. The summed E-state index contributed by atoms with van der Waals surface area (Å²) in [6.45, 7) is 16.6. The molecule has 4 heteroatoms. The van der Waals surface area contributed by atoms with Crippen molar-refractivity contribution in [2.75, 3.05) is 9.71 Å². The average Bonchev–Trinajstić information content (AvgIpc) is 3.68. The molecule has 0 atom stereocenters. The van der Waals surface area contributed by atoms with Crippen molar-refractivity contribution in [2.24, 2.45) is 0 Å². The Morgan fingerprint density at radius 1 is 0.536 bits per heavy atom. The molecule has 0 fully saturated rings. The van der Waals surface area contributed by atoms with Crippen LogP contribution in [0.4, 0.5) is 28.4 Å². The maximum Gasteiger partial charge on any atom is 0.333 e. The molecule has 4 aliphatic rings. The molecule has 0 saturated carbocycles. The second-order valence-electron chi connectivity index (χ2n) is 18.5. The smallest absolute Gasteiger partial charge is 0.333 e. The lowest BCUT2D eigenvalue weighted by molar-refractivity contribution is 0.590. The minimum atomic E-state index is -0.175. The van der Waals surface area contributed by atoms with Gasteiger partial charge in [-0.3, -0.25) is 0 Å². The second-order valence-corrected chi connectivity index (χ2v) is 19.6. The molecule has 7 aromatic carbocycles. The van der Waals surface area contributed by atoms with Crippen molar-refractivity contribution in [1.29, 1.82) is 0 Å². The first-order chi connectivity index (χ1) is 26.9. The maximum atomic E-state index is 2.72. The Balaban J connectivity index is 1.28. The van der Waals surface area contributed by atoms with E-state index in [9.17, 15) is 0 Å². The summed E-state index contributed by atoms with van der Waals surface area (Å²) in [5.41, 5.74) is 21.3. The lowest BCUT2D eigenvalue weighted by atomic mass is 9.42. The number of para-hydroxylation sites is 2. The predicted molar refractivity (Wildman–Crippen MR) is 241 cm³/mol. The number of hydrogen-bond acceptors (Lipinski definition) is 3. The number of hydrogen-bond donors (Lipinski definition) is 0. The van der Waals surface area contributed by atoms with Crippen molar-refractivity contribution < 1.29 is 0 Å². The fraction of sp³-hybridized carbons (Fsp3) is 0.192. The van der Waals surface area contributed by atoms with Gasteiger partial charge in [-0.1, -0.05) is 139 Å². The van der Waals surface area contributed by atoms with E-state index < -0.39 is 0 Å². The number of benzene rings is 7. The van der Waals surface area contributed by atoms with Crippen LogP contribution in [0.1, 0.15) is 76.3 Å². The fourth-order valence-electron chi connectivity index (χ4n) is 11.0. The molecular formula is C52H43BN2S. The molecule has 3 aliphatic heterocycles. The standard InChI is InChI=1S/C52H43BN2S/c1-50(2,3)30-23-25-31(26-24-30)55-43-29-40-34(32-15-8-10-17-37(32)51(40,4)5)27-35(43)36-28-45-46(33-16-9-13-22-44(33)56-45)49-47(36)53(55)41-20-14-19-39-48(41)54(49)42-21-12-11-18-38(42)52(39,6)7/h8-29H,1-7H3. The van der Waals surface area contributed by atoms with E-state index in [0.29, 0.717) is 0 Å². The first kappa shape index (κ1) is 32.6. The summed E-state index contributed by atoms with van der Waals surface area (Å²) in [6, 6.07) is 51.7. The molecule has 0 bridgehead atoms. The van der Waals surface area contributed by atoms with Gasteiger partial charge in [0, 0.05) is 53.6 Å². The van der Waals surface area contributed by atoms with Crippen LogP contribution in [-0.2, 0) is 16.2 Å². The predicted octanol–water partition coefficient (Wildman–Crippen LogP) is 13.0. The summed E-state index contributed by atoms with van der Waals surface area (Å²) in [5.74, 6) is 0. The SMILES string of the molecule is CC(C)(C)c1ccc(N2B3c4cccc5c4N(c4ccccc4C5(C)C)c4c3c(cc3sc5ccccc5c43)-c3cc4c(cc32)C(C)(C)c2ccccc2-4)cc1. The van der Waals surface area contributed by atoms with Crippen LogP contribution in [0.5, 0.6) is 0 Å². The first-order valence-electron chi connectivity index (χ1n) is 20.1. The third-order valence-electron chi connectivity index (χ3n) is 13.8. The van der Waals surface area contributed by atoms with Crippen LogP contribution in [0, 0.1) is 0 Å². The minimum absolute atomic E-state index is 0.0340. The van der Waals surface area contributed by atoms with E-state index >= 15 is 0 Å². The molecule has 1 aliphatic carbocycles. The Hall–Kier alpha value is -5.58. The van der Waals surface area contributed by atoms with Gasteiger partial charge in [0.2, 0.25) is 0 Å². The van der Waals surface area contributed by atoms with Gasteiger partial charge in [0.15, 0.2) is 0 Å². The van der Waals surface area contributed by atoms with Crippen LogP contribution in [0.15, 0.2) is 133 Å². The summed E-state index contributed by atoms with van der Waals surface area (Å²) in [6.07, 6.45) is 0. The van der Waals surface area contributed by atoms with Crippen molar-refractivity contribution in [3.05, 3.63) is 161 Å². The molecule has 0 N–H and O–H groups in total. The van der Waals surface area contributed by atoms with E-state index in [2.05, 4.69) is 192 Å². The molecule has 12 rings (SSSR count). The monoisotopic (exact) mass is 738 g/mol. The molecule has 0 spiro atoms. The highest BCUT2D eigenvalue weighted by Crippen LogP contribution is 2.59. The normalized spacial score (nSPS) is 16.3. The summed E-state index contributed by atoms with van der Waals surface area (Å²) in [7, 11) is 0. The highest BCUT2D eigenvalue weighted by molar-refractivity contribution is 7.26. The zero-order valence-electron chi connectivity index (χ0n) is 33.1. The number of nitrogens with zero attached hydrogens (tertiary/aromatic N) is 2. The Morgan fingerprint density at radius 2 is 1.23 bits per heavy atom. The number of thiophene rings is 1. The number of rotatable bonds is 1. The number of anilines is 5. The van der Waals surface area contributed by atoms with Crippen LogP contribution in [-0.4, -0.2) is 6.85 Å². The van der Waals surface area contributed by atoms with Gasteiger partial charge < -0.3 is 9.71 Å². The van der Waals surface area contributed by atoms with E-state index in [1.54, 1.807) is 0 Å². The lowest BCUT2D eigenvalue weighted by Crippen LogP contribution is -2.62. The topological polar surface area (TPSA) is 6.48 Å². The maximum absolute atomic E-state index is 2.72. The van der Waals surface area contributed by atoms with Crippen molar-refractivity contribution in [2.45, 2.75) is 64.7 Å². The van der Waals surface area contributed by atoms with Gasteiger partial charge in [-0.2, -0.15) is 0 Å². The van der Waals surface area contributed by atoms with Gasteiger partial charge in [0.25, 0.3) is 0 Å². The Bertz CT molecular complexity index is 3030. The van der Waals surface area contributed by atoms with Gasteiger partial charge in [-0.25, -0.2) is 0 Å². The van der Waals surface area contributed by atoms with Crippen molar-refractivity contribution in [1.82, 2.24) is 0 Å². The van der Waals surface area contributed by atoms with E-state index in [4.69, 9.17) is 0 Å². The molecule has 4 heterocycles. The Labute approximate surface area is 334 Å². The first-order valence-corrected chi connectivity index (χ1v) is 21.0.